The summed E-state index contributed by atoms with van der Waals surface area (Å²) in [4.78, 5) is 20.4. The van der Waals surface area contributed by atoms with Crippen molar-refractivity contribution in [1.82, 2.24) is 9.97 Å². The number of carboxylic acids is 1. The molecule has 2 atom stereocenters. The molecule has 0 unspecified atom stereocenters. The molecule has 0 spiro atoms. The van der Waals surface area contributed by atoms with Gasteiger partial charge in [-0.3, -0.25) is 0 Å². The maximum atomic E-state index is 11.3. The first-order valence-electron chi connectivity index (χ1n) is 19.1. The Kier molecular flexibility index (Phi) is 14.2. The number of halogens is 1. The standard InChI is InChI=1S/C29H35NO6.C17H14INO2/c1-20-26(19-33-17-21-8-7-9-22(16-21)18-34-29(2,3)28(31)32)30-27(35-20)23-12-14-25(15-13-23)36-24-10-5-4-6-11-24;1-11-10-14(21-13-6-4-3-5-7-13)8-9-15(11)17-19-16(18)12(2)20-17/h4-6,10-15,21-22H,7-9,16-19H2,1-3H3,(H,31,32);3-10H,1-2H3/t21-,22+;/m0./s1. The van der Waals surface area contributed by atoms with Gasteiger partial charge in [0, 0.05) is 17.7 Å². The van der Waals surface area contributed by atoms with Crippen LogP contribution >= 0.6 is 22.6 Å². The van der Waals surface area contributed by atoms with Gasteiger partial charge < -0.3 is 32.9 Å². The highest BCUT2D eigenvalue weighted by Crippen LogP contribution is 2.33. The van der Waals surface area contributed by atoms with Crippen molar-refractivity contribution in [3.8, 4) is 45.9 Å². The summed E-state index contributed by atoms with van der Waals surface area (Å²) >= 11 is 2.18. The van der Waals surface area contributed by atoms with Gasteiger partial charge in [-0.2, -0.15) is 0 Å². The fourth-order valence-electron chi connectivity index (χ4n) is 6.45. The van der Waals surface area contributed by atoms with Crippen LogP contribution in [0.1, 0.15) is 62.3 Å². The van der Waals surface area contributed by atoms with Crippen LogP contribution in [0.4, 0.5) is 0 Å². The van der Waals surface area contributed by atoms with Crippen LogP contribution in [-0.2, 0) is 20.9 Å². The highest BCUT2D eigenvalue weighted by atomic mass is 127. The fourth-order valence-corrected chi connectivity index (χ4v) is 6.78. The quantitative estimate of drug-likeness (QED) is 0.106. The molecule has 4 aromatic carbocycles. The number of oxazole rings is 2. The van der Waals surface area contributed by atoms with Gasteiger partial charge in [-0.1, -0.05) is 42.8 Å². The first kappa shape index (κ1) is 41.6. The van der Waals surface area contributed by atoms with Gasteiger partial charge in [0.05, 0.1) is 13.2 Å². The lowest BCUT2D eigenvalue weighted by molar-refractivity contribution is -0.163. The number of carbonyl (C=O) groups is 1. The van der Waals surface area contributed by atoms with Crippen molar-refractivity contribution in [3.05, 3.63) is 130 Å². The van der Waals surface area contributed by atoms with E-state index in [0.717, 1.165) is 86.3 Å². The molecular weight excluding hydrogens is 835 g/mol. The summed E-state index contributed by atoms with van der Waals surface area (Å²) in [7, 11) is 0. The third-order valence-corrected chi connectivity index (χ3v) is 10.8. The zero-order valence-electron chi connectivity index (χ0n) is 33.0. The van der Waals surface area contributed by atoms with Crippen LogP contribution in [0.3, 0.4) is 0 Å². The van der Waals surface area contributed by atoms with Crippen molar-refractivity contribution in [1.29, 1.82) is 0 Å². The molecule has 0 radical (unpaired) electrons. The number of nitrogens with zero attached hydrogens (tertiary/aromatic N) is 2. The van der Waals surface area contributed by atoms with Crippen molar-refractivity contribution in [2.45, 2.75) is 72.5 Å². The zero-order chi connectivity index (χ0) is 40.4. The van der Waals surface area contributed by atoms with Crippen LogP contribution in [0.15, 0.2) is 112 Å². The molecule has 1 aliphatic carbocycles. The minimum Gasteiger partial charge on any atom is -0.479 e. The molecule has 298 valence electrons. The number of ether oxygens (including phenoxy) is 4. The van der Waals surface area contributed by atoms with E-state index in [9.17, 15) is 9.90 Å². The molecule has 0 amide bonds. The molecule has 1 N–H and O–H groups in total. The van der Waals surface area contributed by atoms with Crippen molar-refractivity contribution in [2.24, 2.45) is 11.8 Å². The smallest absolute Gasteiger partial charge is 0.335 e. The zero-order valence-corrected chi connectivity index (χ0v) is 35.2. The Balaban J connectivity index is 0.000000221. The van der Waals surface area contributed by atoms with Crippen LogP contribution in [0, 0.1) is 36.3 Å². The van der Waals surface area contributed by atoms with Gasteiger partial charge in [0.2, 0.25) is 11.8 Å². The molecule has 11 heteroatoms. The second kappa shape index (κ2) is 19.4. The maximum absolute atomic E-state index is 11.3. The Morgan fingerprint density at radius 2 is 1.33 bits per heavy atom. The molecule has 0 saturated heterocycles. The molecule has 57 heavy (non-hydrogen) atoms. The highest BCUT2D eigenvalue weighted by Gasteiger charge is 2.31. The molecule has 2 aromatic heterocycles. The van der Waals surface area contributed by atoms with Crippen molar-refractivity contribution < 1.29 is 37.7 Å². The molecule has 10 nitrogen and oxygen atoms in total. The number of aryl methyl sites for hydroxylation is 3. The van der Waals surface area contributed by atoms with Crippen molar-refractivity contribution in [2.75, 3.05) is 13.2 Å². The van der Waals surface area contributed by atoms with Crippen LogP contribution in [0.2, 0.25) is 0 Å². The van der Waals surface area contributed by atoms with E-state index in [2.05, 4.69) is 32.6 Å². The summed E-state index contributed by atoms with van der Waals surface area (Å²) < 4.78 is 35.9. The lowest BCUT2D eigenvalue weighted by Crippen LogP contribution is -2.37. The Bertz CT molecular complexity index is 2180. The van der Waals surface area contributed by atoms with Gasteiger partial charge in [0.1, 0.15) is 43.9 Å². The molecule has 0 bridgehead atoms. The molecule has 1 saturated carbocycles. The summed E-state index contributed by atoms with van der Waals surface area (Å²) in [6, 6.07) is 33.0. The monoisotopic (exact) mass is 884 g/mol. The fraction of sp³-hybridized carbons (Fsp3) is 0.326. The topological polar surface area (TPSA) is 126 Å². The minimum absolute atomic E-state index is 0.361. The lowest BCUT2D eigenvalue weighted by atomic mass is 9.82. The van der Waals surface area contributed by atoms with E-state index >= 15 is 0 Å². The number of carboxylic acid groups (broad SMARTS) is 1. The summed E-state index contributed by atoms with van der Waals surface area (Å²) in [6.45, 7) is 10.6. The average molecular weight is 885 g/mol. The average Bonchev–Trinajstić information content (AvgIpc) is 3.75. The summed E-state index contributed by atoms with van der Waals surface area (Å²) in [5.41, 5.74) is 2.58. The van der Waals surface area contributed by atoms with Gasteiger partial charge in [0.25, 0.3) is 0 Å². The number of hydrogen-bond donors (Lipinski definition) is 1. The minimum atomic E-state index is -1.15. The van der Waals surface area contributed by atoms with Crippen LogP contribution in [-0.4, -0.2) is 39.9 Å². The third-order valence-electron chi connectivity index (χ3n) is 9.80. The second-order valence-electron chi connectivity index (χ2n) is 14.8. The van der Waals surface area contributed by atoms with Crippen LogP contribution < -0.4 is 9.47 Å². The predicted molar refractivity (Wildman–Crippen MR) is 227 cm³/mol. The second-order valence-corrected chi connectivity index (χ2v) is 15.8. The summed E-state index contributed by atoms with van der Waals surface area (Å²) in [5.74, 6) is 5.84. The van der Waals surface area contributed by atoms with E-state index in [1.165, 1.54) is 0 Å². The molecule has 1 aliphatic rings. The van der Waals surface area contributed by atoms with Gasteiger partial charge in [-0.05, 0) is 161 Å². The number of aliphatic carboxylic acids is 1. The normalized spacial score (nSPS) is 15.4. The van der Waals surface area contributed by atoms with E-state index < -0.39 is 11.6 Å². The van der Waals surface area contributed by atoms with Gasteiger partial charge in [-0.15, -0.1) is 0 Å². The predicted octanol–water partition coefficient (Wildman–Crippen LogP) is 12.0. The third kappa shape index (κ3) is 11.8. The largest absolute Gasteiger partial charge is 0.479 e. The molecule has 6 aromatic rings. The Morgan fingerprint density at radius 3 is 1.93 bits per heavy atom. The molecule has 7 rings (SSSR count). The molecule has 0 aliphatic heterocycles. The number of hydrogen-bond acceptors (Lipinski definition) is 9. The lowest BCUT2D eigenvalue weighted by Gasteiger charge is -2.31. The van der Waals surface area contributed by atoms with E-state index in [1.807, 2.05) is 124 Å². The van der Waals surface area contributed by atoms with E-state index in [0.29, 0.717) is 43.4 Å². The van der Waals surface area contributed by atoms with Gasteiger partial charge >= 0.3 is 5.97 Å². The Morgan fingerprint density at radius 1 is 0.754 bits per heavy atom. The van der Waals surface area contributed by atoms with Crippen LogP contribution in [0.5, 0.6) is 23.0 Å². The van der Waals surface area contributed by atoms with Crippen LogP contribution in [0.25, 0.3) is 22.9 Å². The van der Waals surface area contributed by atoms with E-state index in [1.54, 1.807) is 13.8 Å². The summed E-state index contributed by atoms with van der Waals surface area (Å²) in [5, 5.41) is 9.25. The van der Waals surface area contributed by atoms with Gasteiger partial charge in [-0.25, -0.2) is 14.8 Å². The first-order chi connectivity index (χ1) is 27.4. The number of rotatable bonds is 14. The molecule has 1 fully saturated rings. The summed E-state index contributed by atoms with van der Waals surface area (Å²) in [6.07, 6.45) is 4.26. The maximum Gasteiger partial charge on any atom is 0.335 e. The number of aromatic nitrogens is 2. The van der Waals surface area contributed by atoms with Crippen molar-refractivity contribution in [3.63, 3.8) is 0 Å². The van der Waals surface area contributed by atoms with E-state index in [4.69, 9.17) is 27.8 Å². The SMILES string of the molecule is Cc1cc(Oc2ccccc2)ccc1-c1nc(I)c(C)o1.Cc1oc(-c2ccc(Oc3ccccc3)cc2)nc1COC[C@H]1CCC[C@@H](COC(C)(C)C(=O)O)C1. The number of para-hydroxylation sites is 2. The first-order valence-corrected chi connectivity index (χ1v) is 20.2. The van der Waals surface area contributed by atoms with Crippen molar-refractivity contribution >= 4 is 28.6 Å². The van der Waals surface area contributed by atoms with Gasteiger partial charge in [0.15, 0.2) is 5.60 Å². The molecular formula is C46H49IN2O8. The highest BCUT2D eigenvalue weighted by molar-refractivity contribution is 14.1. The number of benzene rings is 4. The van der Waals surface area contributed by atoms with E-state index in [-0.39, 0.29) is 0 Å². The Labute approximate surface area is 347 Å². The Hall–Kier alpha value is -4.98. The molecule has 2 heterocycles.